The lowest BCUT2D eigenvalue weighted by Crippen LogP contribution is -2.40. The summed E-state index contributed by atoms with van der Waals surface area (Å²) in [5, 5.41) is 14.5. The number of guanidine groups is 1. The first-order valence-corrected chi connectivity index (χ1v) is 8.06. The van der Waals surface area contributed by atoms with E-state index >= 15 is 0 Å². The van der Waals surface area contributed by atoms with Crippen LogP contribution in [0.25, 0.3) is 0 Å². The molecule has 0 aliphatic rings. The van der Waals surface area contributed by atoms with E-state index in [1.807, 2.05) is 0 Å². The van der Waals surface area contributed by atoms with E-state index in [2.05, 4.69) is 51.2 Å². The molecule has 1 aromatic heterocycles. The summed E-state index contributed by atoms with van der Waals surface area (Å²) in [5.41, 5.74) is 0. The Morgan fingerprint density at radius 2 is 2.09 bits per heavy atom. The highest BCUT2D eigenvalue weighted by Crippen LogP contribution is 1.98. The van der Waals surface area contributed by atoms with E-state index in [1.165, 1.54) is 0 Å². The van der Waals surface area contributed by atoms with Gasteiger partial charge in [-0.05, 0) is 12.3 Å². The van der Waals surface area contributed by atoms with Crippen molar-refractivity contribution in [3.05, 3.63) is 12.2 Å². The number of aryl methyl sites for hydroxylation is 1. The maximum absolute atomic E-state index is 5.57. The van der Waals surface area contributed by atoms with Gasteiger partial charge in [0.2, 0.25) is 0 Å². The molecule has 0 bridgehead atoms. The number of hydrogen-bond acceptors (Lipinski definition) is 4. The minimum atomic E-state index is 0.688. The molecule has 2 N–H and O–H groups in total. The van der Waals surface area contributed by atoms with Crippen LogP contribution in [-0.2, 0) is 17.7 Å². The smallest absolute Gasteiger partial charge is 0.191 e. The molecule has 1 heterocycles. The maximum atomic E-state index is 5.57. The Labute approximate surface area is 133 Å². The fraction of sp³-hybridized carbons (Fsp3) is 0.800. The van der Waals surface area contributed by atoms with Crippen molar-refractivity contribution >= 4 is 5.96 Å². The van der Waals surface area contributed by atoms with E-state index < -0.39 is 0 Å². The van der Waals surface area contributed by atoms with Gasteiger partial charge in [-0.25, -0.2) is 0 Å². The minimum absolute atomic E-state index is 0.688. The molecule has 22 heavy (non-hydrogen) atoms. The summed E-state index contributed by atoms with van der Waals surface area (Å²) in [7, 11) is 1.77. The van der Waals surface area contributed by atoms with Crippen LogP contribution < -0.4 is 10.6 Å². The van der Waals surface area contributed by atoms with E-state index in [-0.39, 0.29) is 0 Å². The molecule has 7 nitrogen and oxygen atoms in total. The van der Waals surface area contributed by atoms with Crippen molar-refractivity contribution < 1.29 is 4.74 Å². The monoisotopic (exact) mass is 310 g/mol. The van der Waals surface area contributed by atoms with E-state index in [9.17, 15) is 0 Å². The number of ether oxygens (including phenoxy) is 1. The fourth-order valence-electron chi connectivity index (χ4n) is 1.92. The number of aromatic nitrogens is 3. The van der Waals surface area contributed by atoms with Crippen LogP contribution in [0.5, 0.6) is 0 Å². The lowest BCUT2D eigenvalue weighted by molar-refractivity contribution is 0.128. The lowest BCUT2D eigenvalue weighted by atomic mass is 10.1. The molecule has 0 unspecified atom stereocenters. The van der Waals surface area contributed by atoms with Gasteiger partial charge in [0, 0.05) is 39.7 Å². The van der Waals surface area contributed by atoms with Crippen LogP contribution in [0.15, 0.2) is 11.3 Å². The van der Waals surface area contributed by atoms with Crippen LogP contribution in [0, 0.1) is 5.92 Å². The zero-order valence-corrected chi connectivity index (χ0v) is 14.3. The van der Waals surface area contributed by atoms with Crippen molar-refractivity contribution in [2.45, 2.75) is 40.2 Å². The molecule has 0 spiro atoms. The van der Waals surface area contributed by atoms with E-state index in [4.69, 9.17) is 4.74 Å². The van der Waals surface area contributed by atoms with E-state index in [0.29, 0.717) is 12.5 Å². The fourth-order valence-corrected chi connectivity index (χ4v) is 1.92. The zero-order chi connectivity index (χ0) is 16.2. The highest BCUT2D eigenvalue weighted by atomic mass is 16.5. The van der Waals surface area contributed by atoms with Crippen molar-refractivity contribution in [2.75, 3.05) is 33.4 Å². The van der Waals surface area contributed by atoms with Crippen LogP contribution in [-0.4, -0.2) is 54.1 Å². The normalized spacial score (nSPS) is 12.0. The Morgan fingerprint density at radius 3 is 2.77 bits per heavy atom. The van der Waals surface area contributed by atoms with Gasteiger partial charge in [-0.3, -0.25) is 4.99 Å². The predicted molar refractivity (Wildman–Crippen MR) is 89.0 cm³/mol. The maximum Gasteiger partial charge on any atom is 0.191 e. The molecule has 0 saturated carbocycles. The third-order valence-corrected chi connectivity index (χ3v) is 3.26. The van der Waals surface area contributed by atoms with E-state index in [1.54, 1.807) is 13.4 Å². The highest BCUT2D eigenvalue weighted by molar-refractivity contribution is 5.79. The standard InChI is InChI=1S/C15H30N6O/c1-5-14-20-19-12-21(14)9-7-17-15(16-4)18-8-11-22-10-6-13(2)3/h12-13H,5-11H2,1-4H3,(H2,16,17,18). The van der Waals surface area contributed by atoms with Gasteiger partial charge in [0.1, 0.15) is 12.2 Å². The van der Waals surface area contributed by atoms with Gasteiger partial charge >= 0.3 is 0 Å². The summed E-state index contributed by atoms with van der Waals surface area (Å²) >= 11 is 0. The Hall–Kier alpha value is -1.63. The molecule has 126 valence electrons. The minimum Gasteiger partial charge on any atom is -0.380 e. The summed E-state index contributed by atoms with van der Waals surface area (Å²) in [5.74, 6) is 2.48. The molecule has 0 fully saturated rings. The Balaban J connectivity index is 2.12. The SMILES string of the molecule is CCc1nncn1CCNC(=NC)NCCOCCC(C)C. The molecular formula is C15H30N6O. The molecule has 0 saturated heterocycles. The molecule has 0 radical (unpaired) electrons. The lowest BCUT2D eigenvalue weighted by Gasteiger charge is -2.13. The Kier molecular flexibility index (Phi) is 9.21. The quantitative estimate of drug-likeness (QED) is 0.384. The molecule has 1 rings (SSSR count). The number of hydrogen-bond donors (Lipinski definition) is 2. The zero-order valence-electron chi connectivity index (χ0n) is 14.3. The average Bonchev–Trinajstić information content (AvgIpc) is 2.96. The van der Waals surface area contributed by atoms with Crippen LogP contribution in [0.1, 0.15) is 33.0 Å². The average molecular weight is 310 g/mol. The summed E-state index contributed by atoms with van der Waals surface area (Å²) in [6.45, 7) is 10.3. The first-order chi connectivity index (χ1) is 10.7. The topological polar surface area (TPSA) is 76.4 Å². The first kappa shape index (κ1) is 18.4. The van der Waals surface area contributed by atoms with Crippen molar-refractivity contribution in [2.24, 2.45) is 10.9 Å². The third kappa shape index (κ3) is 7.40. The number of aliphatic imine (C=N–C) groups is 1. The molecule has 0 amide bonds. The summed E-state index contributed by atoms with van der Waals surface area (Å²) in [4.78, 5) is 4.19. The first-order valence-electron chi connectivity index (χ1n) is 8.06. The molecule has 0 atom stereocenters. The van der Waals surface area contributed by atoms with Gasteiger partial charge in [-0.1, -0.05) is 20.8 Å². The second kappa shape index (κ2) is 11.0. The van der Waals surface area contributed by atoms with Gasteiger partial charge in [0.15, 0.2) is 5.96 Å². The Bertz CT molecular complexity index is 429. The van der Waals surface area contributed by atoms with Gasteiger partial charge < -0.3 is 19.9 Å². The summed E-state index contributed by atoms with van der Waals surface area (Å²) in [6.07, 6.45) is 3.76. The molecule has 0 aromatic carbocycles. The summed E-state index contributed by atoms with van der Waals surface area (Å²) in [6, 6.07) is 0. The number of nitrogens with zero attached hydrogens (tertiary/aromatic N) is 4. The van der Waals surface area contributed by atoms with Gasteiger partial charge in [-0.15, -0.1) is 10.2 Å². The molecule has 0 aliphatic carbocycles. The van der Waals surface area contributed by atoms with Crippen LogP contribution in [0.4, 0.5) is 0 Å². The van der Waals surface area contributed by atoms with Crippen molar-refractivity contribution in [1.29, 1.82) is 0 Å². The van der Waals surface area contributed by atoms with Crippen molar-refractivity contribution in [3.63, 3.8) is 0 Å². The summed E-state index contributed by atoms with van der Waals surface area (Å²) < 4.78 is 7.62. The van der Waals surface area contributed by atoms with Crippen LogP contribution in [0.3, 0.4) is 0 Å². The second-order valence-corrected chi connectivity index (χ2v) is 5.51. The molecular weight excluding hydrogens is 280 g/mol. The van der Waals surface area contributed by atoms with Crippen molar-refractivity contribution in [3.8, 4) is 0 Å². The van der Waals surface area contributed by atoms with Gasteiger partial charge in [-0.2, -0.15) is 0 Å². The molecule has 1 aromatic rings. The van der Waals surface area contributed by atoms with Crippen LogP contribution >= 0.6 is 0 Å². The van der Waals surface area contributed by atoms with E-state index in [0.717, 1.165) is 50.9 Å². The second-order valence-electron chi connectivity index (χ2n) is 5.51. The molecule has 7 heteroatoms. The van der Waals surface area contributed by atoms with Crippen molar-refractivity contribution in [1.82, 2.24) is 25.4 Å². The largest absolute Gasteiger partial charge is 0.380 e. The third-order valence-electron chi connectivity index (χ3n) is 3.26. The Morgan fingerprint density at radius 1 is 1.32 bits per heavy atom. The number of rotatable bonds is 10. The van der Waals surface area contributed by atoms with Gasteiger partial charge in [0.05, 0.1) is 6.61 Å². The predicted octanol–water partition coefficient (Wildman–Crippen LogP) is 1.07. The van der Waals surface area contributed by atoms with Crippen LogP contribution in [0.2, 0.25) is 0 Å². The van der Waals surface area contributed by atoms with Gasteiger partial charge in [0.25, 0.3) is 0 Å². The molecule has 0 aliphatic heterocycles. The number of nitrogens with one attached hydrogen (secondary N) is 2. The highest BCUT2D eigenvalue weighted by Gasteiger charge is 2.02.